The third kappa shape index (κ3) is 4.93. The predicted molar refractivity (Wildman–Crippen MR) is 117 cm³/mol. The van der Waals surface area contributed by atoms with Crippen molar-refractivity contribution in [3.8, 4) is 5.75 Å². The maximum Gasteiger partial charge on any atom is 0.339 e. The van der Waals surface area contributed by atoms with Crippen molar-refractivity contribution in [2.75, 3.05) is 0 Å². The van der Waals surface area contributed by atoms with E-state index in [1.54, 1.807) is 12.1 Å². The summed E-state index contributed by atoms with van der Waals surface area (Å²) < 4.78 is 32.0. The molecule has 0 bridgehead atoms. The van der Waals surface area contributed by atoms with E-state index in [-0.39, 0.29) is 16.6 Å². The van der Waals surface area contributed by atoms with Gasteiger partial charge < -0.3 is 9.50 Å². The van der Waals surface area contributed by atoms with Gasteiger partial charge in [-0.05, 0) is 58.4 Å². The van der Waals surface area contributed by atoms with Crippen LogP contribution in [0.3, 0.4) is 0 Å². The highest BCUT2D eigenvalue weighted by Gasteiger charge is 2.25. The molecule has 3 rings (SSSR count). The lowest BCUT2D eigenvalue weighted by molar-refractivity contribution is -0.115. The predicted octanol–water partition coefficient (Wildman–Crippen LogP) is 5.12. The molecule has 1 fully saturated rings. The van der Waals surface area contributed by atoms with Gasteiger partial charge in [0.05, 0.1) is 9.38 Å². The van der Waals surface area contributed by atoms with Crippen LogP contribution in [0.5, 0.6) is 5.75 Å². The number of carbonyl (C=O) groups excluding carboxylic acids is 1. The first kappa shape index (κ1) is 20.8. The normalized spacial score (nSPS) is 15.9. The van der Waals surface area contributed by atoms with Crippen molar-refractivity contribution in [2.45, 2.75) is 4.90 Å². The van der Waals surface area contributed by atoms with Crippen LogP contribution in [0.15, 0.2) is 55.1 Å². The zero-order valence-corrected chi connectivity index (χ0v) is 19.4. The van der Waals surface area contributed by atoms with Crippen LogP contribution < -0.4 is 9.50 Å². The van der Waals surface area contributed by atoms with Crippen LogP contribution in [-0.2, 0) is 14.9 Å². The second-order valence-electron chi connectivity index (χ2n) is 5.15. The number of hydrogen-bond donors (Lipinski definition) is 1. The van der Waals surface area contributed by atoms with E-state index in [1.807, 2.05) is 0 Å². The van der Waals surface area contributed by atoms with Crippen molar-refractivity contribution in [1.29, 1.82) is 0 Å². The van der Waals surface area contributed by atoms with Crippen molar-refractivity contribution in [2.24, 2.45) is 0 Å². The van der Waals surface area contributed by atoms with E-state index in [2.05, 4.69) is 37.2 Å². The Labute approximate surface area is 186 Å². The molecule has 1 aliphatic rings. The van der Waals surface area contributed by atoms with E-state index >= 15 is 0 Å². The molecule has 1 amide bonds. The lowest BCUT2D eigenvalue weighted by Gasteiger charge is -2.12. The molecule has 2 aromatic rings. The molecule has 1 saturated heterocycles. The van der Waals surface area contributed by atoms with E-state index in [9.17, 15) is 13.2 Å². The van der Waals surface area contributed by atoms with Gasteiger partial charge >= 0.3 is 10.1 Å². The minimum absolute atomic E-state index is 0.0468. The maximum absolute atomic E-state index is 12.6. The van der Waals surface area contributed by atoms with Gasteiger partial charge in [-0.25, -0.2) is 0 Å². The molecular formula is C16H8Br2ClNO4S3. The standard InChI is InChI=1S/C16H8Br2ClNO4S3/c17-9-5-8(6-13-15(21)20-16(25)26-13)14(12(18)7-9)24-27(22,23)11-3-1-10(19)2-4-11/h1-7H,(H,20,21,25)/b13-6-. The van der Waals surface area contributed by atoms with Gasteiger partial charge in [0.15, 0.2) is 5.75 Å². The Bertz CT molecular complexity index is 1090. The lowest BCUT2D eigenvalue weighted by atomic mass is 10.2. The number of rotatable bonds is 4. The first-order chi connectivity index (χ1) is 12.7. The van der Waals surface area contributed by atoms with Crippen molar-refractivity contribution < 1.29 is 17.4 Å². The minimum Gasteiger partial charge on any atom is -0.377 e. The number of amides is 1. The Morgan fingerprint density at radius 3 is 2.44 bits per heavy atom. The van der Waals surface area contributed by atoms with Gasteiger partial charge in [0.2, 0.25) is 0 Å². The average Bonchev–Trinajstić information content (AvgIpc) is 2.88. The third-order valence-electron chi connectivity index (χ3n) is 3.26. The quantitative estimate of drug-likeness (QED) is 0.313. The first-order valence-corrected chi connectivity index (χ1v) is 11.7. The molecule has 1 heterocycles. The number of halogens is 3. The van der Waals surface area contributed by atoms with Gasteiger partial charge in [-0.2, -0.15) is 8.42 Å². The molecule has 0 spiro atoms. The summed E-state index contributed by atoms with van der Waals surface area (Å²) in [6.45, 7) is 0. The SMILES string of the molecule is O=C1NC(=S)S/C1=C\c1cc(Br)cc(Br)c1OS(=O)(=O)c1ccc(Cl)cc1. The van der Waals surface area contributed by atoms with Crippen molar-refractivity contribution in [3.05, 3.63) is 60.8 Å². The van der Waals surface area contributed by atoms with Gasteiger partial charge in [-0.3, -0.25) is 4.79 Å². The number of thiocarbonyl (C=S) groups is 1. The van der Waals surface area contributed by atoms with E-state index in [0.29, 0.717) is 28.8 Å². The molecule has 0 aliphatic carbocycles. The van der Waals surface area contributed by atoms with E-state index in [4.69, 9.17) is 28.0 Å². The Morgan fingerprint density at radius 1 is 1.19 bits per heavy atom. The molecule has 11 heteroatoms. The highest BCUT2D eigenvalue weighted by molar-refractivity contribution is 9.11. The molecule has 1 N–H and O–H groups in total. The zero-order chi connectivity index (χ0) is 19.8. The monoisotopic (exact) mass is 567 g/mol. The summed E-state index contributed by atoms with van der Waals surface area (Å²) in [4.78, 5) is 12.2. The highest BCUT2D eigenvalue weighted by atomic mass is 79.9. The summed E-state index contributed by atoms with van der Waals surface area (Å²) in [6, 6.07) is 8.89. The molecule has 0 aromatic heterocycles. The van der Waals surface area contributed by atoms with E-state index in [0.717, 1.165) is 11.8 Å². The van der Waals surface area contributed by atoms with Crippen LogP contribution in [0.25, 0.3) is 6.08 Å². The Kier molecular flexibility index (Phi) is 6.34. The summed E-state index contributed by atoms with van der Waals surface area (Å²) >= 11 is 18.5. The molecular weight excluding hydrogens is 562 g/mol. The summed E-state index contributed by atoms with van der Waals surface area (Å²) in [6.07, 6.45) is 1.52. The topological polar surface area (TPSA) is 72.5 Å². The smallest absolute Gasteiger partial charge is 0.339 e. The number of nitrogens with one attached hydrogen (secondary N) is 1. The first-order valence-electron chi connectivity index (χ1n) is 7.10. The largest absolute Gasteiger partial charge is 0.377 e. The molecule has 0 atom stereocenters. The Balaban J connectivity index is 2.05. The van der Waals surface area contributed by atoms with Crippen LogP contribution in [0.2, 0.25) is 5.02 Å². The van der Waals surface area contributed by atoms with Crippen LogP contribution in [0, 0.1) is 0 Å². The summed E-state index contributed by atoms with van der Waals surface area (Å²) in [5.41, 5.74) is 0.385. The number of thioether (sulfide) groups is 1. The third-order valence-corrected chi connectivity index (χ3v) is 6.96. The number of benzene rings is 2. The van der Waals surface area contributed by atoms with Gasteiger partial charge in [0, 0.05) is 15.1 Å². The summed E-state index contributed by atoms with van der Waals surface area (Å²) in [5, 5.41) is 2.91. The van der Waals surface area contributed by atoms with Crippen LogP contribution in [0.1, 0.15) is 5.56 Å². The highest BCUT2D eigenvalue weighted by Crippen LogP contribution is 2.38. The number of hydrogen-bond acceptors (Lipinski definition) is 6. The Morgan fingerprint density at radius 2 is 1.85 bits per heavy atom. The van der Waals surface area contributed by atoms with Crippen molar-refractivity contribution in [1.82, 2.24) is 5.32 Å². The maximum atomic E-state index is 12.6. The zero-order valence-electron chi connectivity index (χ0n) is 13.0. The fraction of sp³-hybridized carbons (Fsp3) is 0. The molecule has 0 saturated carbocycles. The number of carbonyl (C=O) groups is 1. The van der Waals surface area contributed by atoms with E-state index in [1.165, 1.54) is 30.3 Å². The van der Waals surface area contributed by atoms with Crippen molar-refractivity contribution >= 4 is 93.9 Å². The Hall–Kier alpha value is -0.910. The van der Waals surface area contributed by atoms with Crippen LogP contribution in [0.4, 0.5) is 0 Å². The lowest BCUT2D eigenvalue weighted by Crippen LogP contribution is -2.17. The van der Waals surface area contributed by atoms with Gasteiger partial charge in [0.1, 0.15) is 9.22 Å². The van der Waals surface area contributed by atoms with Gasteiger partial charge in [-0.15, -0.1) is 0 Å². The minimum atomic E-state index is -4.11. The molecule has 1 aliphatic heterocycles. The van der Waals surface area contributed by atoms with Gasteiger partial charge in [-0.1, -0.05) is 51.5 Å². The molecule has 2 aromatic carbocycles. The summed E-state index contributed by atoms with van der Waals surface area (Å²) in [7, 11) is -4.11. The van der Waals surface area contributed by atoms with Crippen LogP contribution in [-0.4, -0.2) is 18.6 Å². The molecule has 5 nitrogen and oxygen atoms in total. The fourth-order valence-corrected chi connectivity index (χ4v) is 5.68. The van der Waals surface area contributed by atoms with Crippen LogP contribution >= 0.6 is 67.4 Å². The van der Waals surface area contributed by atoms with Crippen molar-refractivity contribution in [3.63, 3.8) is 0 Å². The summed E-state index contributed by atoms with van der Waals surface area (Å²) in [5.74, 6) is -0.306. The molecule has 140 valence electrons. The fourth-order valence-electron chi connectivity index (χ4n) is 2.10. The second kappa shape index (κ2) is 8.22. The van der Waals surface area contributed by atoms with E-state index < -0.39 is 10.1 Å². The molecule has 27 heavy (non-hydrogen) atoms. The molecule has 0 unspecified atom stereocenters. The second-order valence-corrected chi connectivity index (χ2v) is 10.6. The average molecular weight is 570 g/mol. The molecule has 0 radical (unpaired) electrons. The van der Waals surface area contributed by atoms with Gasteiger partial charge in [0.25, 0.3) is 5.91 Å².